The summed E-state index contributed by atoms with van der Waals surface area (Å²) < 4.78 is 6.99. The lowest BCUT2D eigenvalue weighted by Crippen LogP contribution is -2.44. The van der Waals surface area contributed by atoms with Gasteiger partial charge in [0, 0.05) is 24.0 Å². The average molecular weight is 359 g/mol. The third kappa shape index (κ3) is 3.25. The maximum atomic E-state index is 12.7. The Labute approximate surface area is 152 Å². The third-order valence-corrected chi connectivity index (χ3v) is 5.37. The largest absolute Gasteiger partial charge is 0.481 e. The predicted octanol–water partition coefficient (Wildman–Crippen LogP) is 3.16. The Morgan fingerprint density at radius 3 is 2.50 bits per heavy atom. The minimum Gasteiger partial charge on any atom is -0.481 e. The van der Waals surface area contributed by atoms with Crippen molar-refractivity contribution in [3.05, 3.63) is 34.8 Å². The van der Waals surface area contributed by atoms with E-state index in [-0.39, 0.29) is 12.5 Å². The number of carboxylic acids is 1. The molecule has 3 rings (SSSR count). The van der Waals surface area contributed by atoms with Crippen LogP contribution in [0.1, 0.15) is 59.6 Å². The van der Waals surface area contributed by atoms with Crippen molar-refractivity contribution >= 4 is 11.9 Å². The van der Waals surface area contributed by atoms with Gasteiger partial charge in [0.05, 0.1) is 11.0 Å². The van der Waals surface area contributed by atoms with Crippen LogP contribution in [0.2, 0.25) is 0 Å². The Morgan fingerprint density at radius 1 is 1.23 bits per heavy atom. The molecule has 2 aromatic heterocycles. The molecule has 7 heteroatoms. The first-order valence-electron chi connectivity index (χ1n) is 8.98. The molecule has 140 valence electrons. The molecule has 1 fully saturated rings. The van der Waals surface area contributed by atoms with Crippen molar-refractivity contribution in [2.24, 2.45) is 5.41 Å². The standard InChI is InChI=1S/C19H25N3O4/c1-12-9-15(14(3)22(12)16-10-13(2)26-21-16)17(23)20-11-19(18(24)25)7-5-4-6-8-19/h9-10H,4-8,11H2,1-3H3,(H,20,23)(H,24,25). The summed E-state index contributed by atoms with van der Waals surface area (Å²) in [5.74, 6) is 0.252. The van der Waals surface area contributed by atoms with Crippen LogP contribution in [0.4, 0.5) is 0 Å². The number of carboxylic acid groups (broad SMARTS) is 1. The topological polar surface area (TPSA) is 97.4 Å². The highest BCUT2D eigenvalue weighted by molar-refractivity contribution is 5.96. The maximum Gasteiger partial charge on any atom is 0.311 e. The van der Waals surface area contributed by atoms with E-state index in [1.807, 2.05) is 31.4 Å². The highest BCUT2D eigenvalue weighted by Crippen LogP contribution is 2.36. The SMILES string of the molecule is Cc1cc(-n2c(C)cc(C(=O)NCC3(C(=O)O)CCCCC3)c2C)no1. The minimum absolute atomic E-state index is 0.161. The van der Waals surface area contributed by atoms with Gasteiger partial charge in [0.25, 0.3) is 5.91 Å². The second-order valence-corrected chi connectivity index (χ2v) is 7.24. The van der Waals surface area contributed by atoms with Crippen LogP contribution >= 0.6 is 0 Å². The maximum absolute atomic E-state index is 12.7. The molecule has 1 saturated carbocycles. The zero-order valence-electron chi connectivity index (χ0n) is 15.5. The molecule has 26 heavy (non-hydrogen) atoms. The summed E-state index contributed by atoms with van der Waals surface area (Å²) in [5, 5.41) is 16.5. The lowest BCUT2D eigenvalue weighted by atomic mass is 9.74. The fourth-order valence-electron chi connectivity index (χ4n) is 3.84. The van der Waals surface area contributed by atoms with Gasteiger partial charge in [-0.25, -0.2) is 0 Å². The number of aryl methyl sites for hydroxylation is 2. The van der Waals surface area contributed by atoms with Crippen molar-refractivity contribution in [1.82, 2.24) is 15.0 Å². The van der Waals surface area contributed by atoms with E-state index in [9.17, 15) is 14.7 Å². The first-order valence-corrected chi connectivity index (χ1v) is 8.98. The number of hydrogen-bond donors (Lipinski definition) is 2. The molecule has 1 amide bonds. The third-order valence-electron chi connectivity index (χ3n) is 5.37. The summed E-state index contributed by atoms with van der Waals surface area (Å²) in [6.45, 7) is 5.72. The quantitative estimate of drug-likeness (QED) is 0.855. The molecule has 1 aliphatic carbocycles. The van der Waals surface area contributed by atoms with Gasteiger partial charge in [-0.1, -0.05) is 24.4 Å². The lowest BCUT2D eigenvalue weighted by molar-refractivity contribution is -0.150. The molecule has 2 N–H and O–H groups in total. The zero-order valence-corrected chi connectivity index (χ0v) is 15.5. The van der Waals surface area contributed by atoms with Gasteiger partial charge in [-0.05, 0) is 39.7 Å². The average Bonchev–Trinajstić information content (AvgIpc) is 3.16. The van der Waals surface area contributed by atoms with Crippen LogP contribution in [0.15, 0.2) is 16.7 Å². The van der Waals surface area contributed by atoms with Crippen LogP contribution in [0.25, 0.3) is 5.82 Å². The summed E-state index contributed by atoms with van der Waals surface area (Å²) >= 11 is 0. The van der Waals surface area contributed by atoms with Gasteiger partial charge < -0.3 is 14.9 Å². The van der Waals surface area contributed by atoms with E-state index < -0.39 is 11.4 Å². The molecule has 0 atom stereocenters. The molecule has 7 nitrogen and oxygen atoms in total. The minimum atomic E-state index is -0.845. The van der Waals surface area contributed by atoms with E-state index in [4.69, 9.17) is 4.52 Å². The Hall–Kier alpha value is -2.57. The van der Waals surface area contributed by atoms with Gasteiger partial charge in [-0.15, -0.1) is 0 Å². The van der Waals surface area contributed by atoms with Crippen molar-refractivity contribution in [1.29, 1.82) is 0 Å². The molecular weight excluding hydrogens is 334 g/mol. The van der Waals surface area contributed by atoms with Gasteiger partial charge in [0.15, 0.2) is 5.82 Å². The molecule has 0 unspecified atom stereocenters. The van der Waals surface area contributed by atoms with Crippen molar-refractivity contribution < 1.29 is 19.2 Å². The number of carbonyl (C=O) groups is 2. The van der Waals surface area contributed by atoms with E-state index in [0.29, 0.717) is 30.0 Å². The fraction of sp³-hybridized carbons (Fsp3) is 0.526. The predicted molar refractivity (Wildman–Crippen MR) is 95.5 cm³/mol. The van der Waals surface area contributed by atoms with Crippen LogP contribution in [-0.4, -0.2) is 33.3 Å². The Morgan fingerprint density at radius 2 is 1.92 bits per heavy atom. The van der Waals surface area contributed by atoms with Crippen molar-refractivity contribution in [3.8, 4) is 5.82 Å². The fourth-order valence-corrected chi connectivity index (χ4v) is 3.84. The number of carbonyl (C=O) groups excluding carboxylic acids is 1. The van der Waals surface area contributed by atoms with Crippen LogP contribution in [0, 0.1) is 26.2 Å². The van der Waals surface area contributed by atoms with E-state index in [0.717, 1.165) is 30.7 Å². The smallest absolute Gasteiger partial charge is 0.311 e. The molecule has 0 radical (unpaired) electrons. The van der Waals surface area contributed by atoms with Crippen molar-refractivity contribution in [2.45, 2.75) is 52.9 Å². The van der Waals surface area contributed by atoms with E-state index in [1.165, 1.54) is 0 Å². The van der Waals surface area contributed by atoms with E-state index >= 15 is 0 Å². The van der Waals surface area contributed by atoms with Gasteiger partial charge in [0.2, 0.25) is 0 Å². The number of nitrogens with one attached hydrogen (secondary N) is 1. The van der Waals surface area contributed by atoms with Crippen LogP contribution in [0.5, 0.6) is 0 Å². The summed E-state index contributed by atoms with van der Waals surface area (Å²) in [5.41, 5.74) is 1.30. The van der Waals surface area contributed by atoms with E-state index in [2.05, 4.69) is 10.5 Å². The highest BCUT2D eigenvalue weighted by atomic mass is 16.5. The molecule has 0 bridgehead atoms. The van der Waals surface area contributed by atoms with Gasteiger partial charge >= 0.3 is 5.97 Å². The second kappa shape index (κ2) is 6.97. The second-order valence-electron chi connectivity index (χ2n) is 7.24. The van der Waals surface area contributed by atoms with Crippen LogP contribution < -0.4 is 5.32 Å². The number of aromatic nitrogens is 2. The molecule has 0 saturated heterocycles. The lowest BCUT2D eigenvalue weighted by Gasteiger charge is -2.33. The first-order chi connectivity index (χ1) is 12.3. The normalized spacial score (nSPS) is 16.4. The number of rotatable bonds is 5. The Bertz CT molecular complexity index is 828. The van der Waals surface area contributed by atoms with Gasteiger partial charge in [-0.2, -0.15) is 0 Å². The number of aliphatic carboxylic acids is 1. The molecule has 2 aromatic rings. The Balaban J connectivity index is 1.79. The first kappa shape index (κ1) is 18.2. The summed E-state index contributed by atoms with van der Waals surface area (Å²) in [7, 11) is 0. The van der Waals surface area contributed by atoms with Crippen LogP contribution in [-0.2, 0) is 4.79 Å². The summed E-state index contributed by atoms with van der Waals surface area (Å²) in [6, 6.07) is 3.60. The molecule has 0 aromatic carbocycles. The van der Waals surface area contributed by atoms with Crippen molar-refractivity contribution in [3.63, 3.8) is 0 Å². The Kier molecular flexibility index (Phi) is 4.89. The molecular formula is C19H25N3O4. The number of hydrogen-bond acceptors (Lipinski definition) is 4. The van der Waals surface area contributed by atoms with Crippen molar-refractivity contribution in [2.75, 3.05) is 6.54 Å². The van der Waals surface area contributed by atoms with E-state index in [1.54, 1.807) is 6.07 Å². The molecule has 2 heterocycles. The monoisotopic (exact) mass is 359 g/mol. The van der Waals surface area contributed by atoms with Gasteiger partial charge in [0.1, 0.15) is 5.76 Å². The molecule has 0 aliphatic heterocycles. The molecule has 1 aliphatic rings. The van der Waals surface area contributed by atoms with Crippen LogP contribution in [0.3, 0.4) is 0 Å². The zero-order chi connectivity index (χ0) is 18.9. The van der Waals surface area contributed by atoms with Gasteiger partial charge in [-0.3, -0.25) is 14.2 Å². The molecule has 0 spiro atoms. The number of nitrogens with zero attached hydrogens (tertiary/aromatic N) is 2. The summed E-state index contributed by atoms with van der Waals surface area (Å²) in [4.78, 5) is 24.5. The summed E-state index contributed by atoms with van der Waals surface area (Å²) in [6.07, 6.45) is 4.06. The highest BCUT2D eigenvalue weighted by Gasteiger charge is 2.40. The number of amides is 1.